The summed E-state index contributed by atoms with van der Waals surface area (Å²) in [7, 11) is 0. The first-order chi connectivity index (χ1) is 10.8. The molecule has 0 aromatic carbocycles. The Kier molecular flexibility index (Phi) is 11.1. The monoisotopic (exact) mass is 307 g/mol. The van der Waals surface area contributed by atoms with Crippen LogP contribution in [0.15, 0.2) is 12.4 Å². The van der Waals surface area contributed by atoms with Gasteiger partial charge in [-0.15, -0.1) is 0 Å². The summed E-state index contributed by atoms with van der Waals surface area (Å²) in [6.07, 6.45) is 20.9. The molecule has 0 aliphatic heterocycles. The fourth-order valence-electron chi connectivity index (χ4n) is 3.16. The first-order valence-corrected chi connectivity index (χ1v) is 9.90. The third kappa shape index (κ3) is 7.47. The number of imidazole rings is 1. The van der Waals surface area contributed by atoms with Crippen molar-refractivity contribution in [3.8, 4) is 0 Å². The Labute approximate surface area is 138 Å². The van der Waals surface area contributed by atoms with Gasteiger partial charge in [-0.25, -0.2) is 9.13 Å². The number of unbranched alkanes of at least 4 members (excludes halogenated alkanes) is 8. The molecule has 1 heterocycles. The highest BCUT2D eigenvalue weighted by molar-refractivity contribution is 4.83. The molecule has 0 bridgehead atoms. The Bertz CT molecular complexity index is 368. The maximum Gasteiger partial charge on any atom is 0.256 e. The van der Waals surface area contributed by atoms with Crippen molar-refractivity contribution in [2.24, 2.45) is 0 Å². The van der Waals surface area contributed by atoms with Gasteiger partial charge in [0.15, 0.2) is 0 Å². The van der Waals surface area contributed by atoms with Crippen LogP contribution in [-0.4, -0.2) is 4.57 Å². The minimum atomic E-state index is 1.19. The third-order valence-electron chi connectivity index (χ3n) is 4.57. The van der Waals surface area contributed by atoms with E-state index < -0.39 is 0 Å². The normalized spacial score (nSPS) is 11.2. The van der Waals surface area contributed by atoms with Gasteiger partial charge in [-0.3, -0.25) is 0 Å². The van der Waals surface area contributed by atoms with Crippen LogP contribution >= 0.6 is 0 Å². The van der Waals surface area contributed by atoms with Gasteiger partial charge >= 0.3 is 0 Å². The van der Waals surface area contributed by atoms with E-state index in [1.54, 1.807) is 5.82 Å². The predicted molar refractivity (Wildman–Crippen MR) is 96.1 cm³/mol. The summed E-state index contributed by atoms with van der Waals surface area (Å²) in [4.78, 5) is 0. The van der Waals surface area contributed by atoms with E-state index in [1.165, 1.54) is 90.1 Å². The zero-order valence-electron chi connectivity index (χ0n) is 15.4. The van der Waals surface area contributed by atoms with Crippen molar-refractivity contribution < 1.29 is 4.57 Å². The van der Waals surface area contributed by atoms with Crippen molar-refractivity contribution in [2.45, 2.75) is 111 Å². The van der Waals surface area contributed by atoms with Crippen LogP contribution in [0.2, 0.25) is 0 Å². The number of aromatic nitrogens is 2. The smallest absolute Gasteiger partial charge is 0.234 e. The Morgan fingerprint density at radius 3 is 2.05 bits per heavy atom. The van der Waals surface area contributed by atoms with Crippen LogP contribution < -0.4 is 4.57 Å². The van der Waals surface area contributed by atoms with Gasteiger partial charge in [0.25, 0.3) is 5.82 Å². The lowest BCUT2D eigenvalue weighted by molar-refractivity contribution is -0.704. The Balaban J connectivity index is 2.27. The quantitative estimate of drug-likeness (QED) is 0.309. The fourth-order valence-corrected chi connectivity index (χ4v) is 3.16. The lowest BCUT2D eigenvalue weighted by atomic mass is 10.1. The fraction of sp³-hybridized carbons (Fsp3) is 0.850. The molecular weight excluding hydrogens is 268 g/mol. The maximum absolute atomic E-state index is 2.51. The van der Waals surface area contributed by atoms with Gasteiger partial charge in [0, 0.05) is 6.42 Å². The van der Waals surface area contributed by atoms with E-state index in [4.69, 9.17) is 0 Å². The summed E-state index contributed by atoms with van der Waals surface area (Å²) >= 11 is 0. The molecule has 0 atom stereocenters. The summed E-state index contributed by atoms with van der Waals surface area (Å²) in [6, 6.07) is 0. The van der Waals surface area contributed by atoms with Crippen LogP contribution in [0.4, 0.5) is 0 Å². The van der Waals surface area contributed by atoms with Crippen molar-refractivity contribution in [1.82, 2.24) is 4.57 Å². The molecule has 0 fully saturated rings. The Hall–Kier alpha value is -0.790. The minimum Gasteiger partial charge on any atom is -0.234 e. The standard InChI is InChI=1S/C20H39N2/c1-4-7-9-10-11-12-13-14-17-22-19-18-21(16-8-5-2)20(22)15-6-3/h18-19H,4-17H2,1-3H3/q+1. The number of nitrogens with zero attached hydrogens (tertiary/aromatic N) is 2. The number of aryl methyl sites for hydroxylation is 2. The van der Waals surface area contributed by atoms with Crippen molar-refractivity contribution in [3.63, 3.8) is 0 Å². The highest BCUT2D eigenvalue weighted by atomic mass is 15.1. The highest BCUT2D eigenvalue weighted by Crippen LogP contribution is 2.09. The zero-order chi connectivity index (χ0) is 16.0. The molecule has 2 heteroatoms. The molecule has 128 valence electrons. The molecule has 22 heavy (non-hydrogen) atoms. The minimum absolute atomic E-state index is 1.19. The average molecular weight is 308 g/mol. The van der Waals surface area contributed by atoms with Gasteiger partial charge < -0.3 is 0 Å². The summed E-state index contributed by atoms with van der Waals surface area (Å²) in [6.45, 7) is 9.26. The number of hydrogen-bond acceptors (Lipinski definition) is 0. The van der Waals surface area contributed by atoms with E-state index in [-0.39, 0.29) is 0 Å². The van der Waals surface area contributed by atoms with Crippen LogP contribution in [0.25, 0.3) is 0 Å². The first kappa shape index (κ1) is 19.3. The zero-order valence-corrected chi connectivity index (χ0v) is 15.4. The molecule has 0 saturated heterocycles. The summed E-state index contributed by atoms with van der Waals surface area (Å²) < 4.78 is 4.99. The maximum atomic E-state index is 2.51. The molecule has 0 spiro atoms. The van der Waals surface area contributed by atoms with Crippen molar-refractivity contribution in [3.05, 3.63) is 18.2 Å². The topological polar surface area (TPSA) is 8.81 Å². The van der Waals surface area contributed by atoms with Gasteiger partial charge in [-0.2, -0.15) is 0 Å². The van der Waals surface area contributed by atoms with Crippen LogP contribution in [0.5, 0.6) is 0 Å². The van der Waals surface area contributed by atoms with Crippen molar-refractivity contribution >= 4 is 0 Å². The van der Waals surface area contributed by atoms with Crippen LogP contribution in [-0.2, 0) is 19.5 Å². The SMILES string of the molecule is CCCCCCCCCC[n+]1ccn(CCCC)c1CCC. The summed E-state index contributed by atoms with van der Waals surface area (Å²) in [5, 5.41) is 0. The van der Waals surface area contributed by atoms with E-state index in [9.17, 15) is 0 Å². The van der Waals surface area contributed by atoms with Gasteiger partial charge in [0.1, 0.15) is 12.4 Å². The molecule has 0 unspecified atom stereocenters. The predicted octanol–water partition coefficient (Wildman–Crippen LogP) is 5.67. The molecule has 1 aromatic rings. The molecule has 0 saturated carbocycles. The lowest BCUT2D eigenvalue weighted by Crippen LogP contribution is -2.37. The largest absolute Gasteiger partial charge is 0.256 e. The molecule has 0 N–H and O–H groups in total. The Morgan fingerprint density at radius 1 is 0.773 bits per heavy atom. The van der Waals surface area contributed by atoms with E-state index in [0.717, 1.165) is 0 Å². The van der Waals surface area contributed by atoms with Crippen LogP contribution in [0, 0.1) is 0 Å². The summed E-state index contributed by atoms with van der Waals surface area (Å²) in [5.74, 6) is 1.54. The second-order valence-corrected chi connectivity index (χ2v) is 6.68. The molecule has 2 nitrogen and oxygen atoms in total. The first-order valence-electron chi connectivity index (χ1n) is 9.90. The highest BCUT2D eigenvalue weighted by Gasteiger charge is 2.15. The summed E-state index contributed by atoms with van der Waals surface area (Å²) in [5.41, 5.74) is 0. The lowest BCUT2D eigenvalue weighted by Gasteiger charge is -2.05. The van der Waals surface area contributed by atoms with E-state index in [2.05, 4.69) is 42.3 Å². The van der Waals surface area contributed by atoms with Crippen molar-refractivity contribution in [2.75, 3.05) is 0 Å². The van der Waals surface area contributed by atoms with Crippen LogP contribution in [0.1, 0.15) is 97.2 Å². The van der Waals surface area contributed by atoms with E-state index >= 15 is 0 Å². The van der Waals surface area contributed by atoms with Crippen molar-refractivity contribution in [1.29, 1.82) is 0 Å². The molecule has 0 aliphatic rings. The average Bonchev–Trinajstić information content (AvgIpc) is 2.90. The van der Waals surface area contributed by atoms with Gasteiger partial charge in [0.05, 0.1) is 13.1 Å². The van der Waals surface area contributed by atoms with Gasteiger partial charge in [-0.05, 0) is 25.7 Å². The van der Waals surface area contributed by atoms with E-state index in [0.29, 0.717) is 0 Å². The van der Waals surface area contributed by atoms with Gasteiger partial charge in [-0.1, -0.05) is 65.7 Å². The molecule has 0 aliphatic carbocycles. The second-order valence-electron chi connectivity index (χ2n) is 6.68. The molecule has 0 radical (unpaired) electrons. The Morgan fingerprint density at radius 2 is 1.41 bits per heavy atom. The molecular formula is C20H39N2+. The molecule has 1 rings (SSSR count). The number of hydrogen-bond donors (Lipinski definition) is 0. The van der Waals surface area contributed by atoms with Crippen LogP contribution in [0.3, 0.4) is 0 Å². The molecule has 1 aromatic heterocycles. The van der Waals surface area contributed by atoms with E-state index in [1.807, 2.05) is 0 Å². The number of rotatable bonds is 14. The van der Waals surface area contributed by atoms with Gasteiger partial charge in [0.2, 0.25) is 0 Å². The second kappa shape index (κ2) is 12.7. The third-order valence-corrected chi connectivity index (χ3v) is 4.57. The molecule has 0 amide bonds.